The zero-order valence-electron chi connectivity index (χ0n) is 9.41. The molecule has 0 aliphatic rings. The maximum absolute atomic E-state index is 6.04. The molecular weight excluding hydrogens is 236 g/mol. The predicted octanol–water partition coefficient (Wildman–Crippen LogP) is 3.67. The molecule has 0 saturated heterocycles. The van der Waals surface area contributed by atoms with E-state index in [1.54, 1.807) is 7.11 Å². The monoisotopic (exact) mass is 248 g/mol. The zero-order valence-corrected chi connectivity index (χ0v) is 10.2. The molecule has 0 heterocycles. The Morgan fingerprint density at radius 1 is 1.06 bits per heavy atom. The zero-order chi connectivity index (χ0) is 12.3. The van der Waals surface area contributed by atoms with Crippen LogP contribution in [0.1, 0.15) is 0 Å². The topological polar surface area (TPSA) is 47.3 Å². The Morgan fingerprint density at radius 2 is 1.71 bits per heavy atom. The lowest BCUT2D eigenvalue weighted by Gasteiger charge is -2.09. The molecule has 0 radical (unpaired) electrons. The molecule has 0 aliphatic carbocycles. The summed E-state index contributed by atoms with van der Waals surface area (Å²) in [6.07, 6.45) is 0. The van der Waals surface area contributed by atoms with Crippen molar-refractivity contribution >= 4 is 28.7 Å². The lowest BCUT2D eigenvalue weighted by Crippen LogP contribution is -1.92. The highest BCUT2D eigenvalue weighted by atomic mass is 35.5. The number of benzene rings is 2. The van der Waals surface area contributed by atoms with Gasteiger partial charge in [0.05, 0.1) is 12.1 Å². The molecule has 0 saturated carbocycles. The number of rotatable bonds is 3. The molecule has 2 aromatic rings. The molecule has 2 rings (SSSR count). The van der Waals surface area contributed by atoms with E-state index in [4.69, 9.17) is 22.1 Å². The molecule has 0 spiro atoms. The molecule has 0 amide bonds. The van der Waals surface area contributed by atoms with Crippen LogP contribution in [-0.4, -0.2) is 7.11 Å². The van der Waals surface area contributed by atoms with Crippen LogP contribution in [-0.2, 0) is 0 Å². The van der Waals surface area contributed by atoms with Gasteiger partial charge in [-0.25, -0.2) is 0 Å². The van der Waals surface area contributed by atoms with E-state index in [0.717, 1.165) is 17.1 Å². The SMILES string of the molecule is COc1ccc(Nc2ccc(N)cc2)cc1Cl. The summed E-state index contributed by atoms with van der Waals surface area (Å²) in [6.45, 7) is 0. The van der Waals surface area contributed by atoms with Crippen molar-refractivity contribution in [3.8, 4) is 5.75 Å². The molecule has 0 bridgehead atoms. The highest BCUT2D eigenvalue weighted by Gasteiger charge is 2.01. The van der Waals surface area contributed by atoms with Crippen LogP contribution < -0.4 is 15.8 Å². The largest absolute Gasteiger partial charge is 0.495 e. The van der Waals surface area contributed by atoms with E-state index < -0.39 is 0 Å². The lowest BCUT2D eigenvalue weighted by molar-refractivity contribution is 0.415. The third kappa shape index (κ3) is 2.82. The number of anilines is 3. The first kappa shape index (κ1) is 11.6. The maximum Gasteiger partial charge on any atom is 0.137 e. The molecule has 0 atom stereocenters. The molecule has 0 fully saturated rings. The summed E-state index contributed by atoms with van der Waals surface area (Å²) >= 11 is 6.04. The van der Waals surface area contributed by atoms with Gasteiger partial charge in [0, 0.05) is 17.1 Å². The number of nitrogens with one attached hydrogen (secondary N) is 1. The van der Waals surface area contributed by atoms with Gasteiger partial charge in [-0.1, -0.05) is 11.6 Å². The van der Waals surface area contributed by atoms with E-state index in [1.165, 1.54) is 0 Å². The van der Waals surface area contributed by atoms with Gasteiger partial charge in [-0.2, -0.15) is 0 Å². The second-order valence-electron chi connectivity index (χ2n) is 3.60. The molecule has 3 nitrogen and oxygen atoms in total. The fourth-order valence-corrected chi connectivity index (χ4v) is 1.73. The van der Waals surface area contributed by atoms with Gasteiger partial charge in [-0.15, -0.1) is 0 Å². The molecular formula is C13H13ClN2O. The Labute approximate surface area is 105 Å². The highest BCUT2D eigenvalue weighted by molar-refractivity contribution is 6.32. The molecule has 0 aromatic heterocycles. The number of hydrogen-bond acceptors (Lipinski definition) is 3. The van der Waals surface area contributed by atoms with Gasteiger partial charge in [-0.3, -0.25) is 0 Å². The van der Waals surface area contributed by atoms with Gasteiger partial charge < -0.3 is 15.8 Å². The van der Waals surface area contributed by atoms with Crippen LogP contribution in [0, 0.1) is 0 Å². The summed E-state index contributed by atoms with van der Waals surface area (Å²) in [5, 5.41) is 3.80. The van der Waals surface area contributed by atoms with Crippen LogP contribution >= 0.6 is 11.6 Å². The number of methoxy groups -OCH3 is 1. The average Bonchev–Trinajstić information content (AvgIpc) is 2.32. The summed E-state index contributed by atoms with van der Waals surface area (Å²) in [4.78, 5) is 0. The van der Waals surface area contributed by atoms with Crippen LogP contribution in [0.25, 0.3) is 0 Å². The molecule has 88 valence electrons. The van der Waals surface area contributed by atoms with Crippen LogP contribution in [0.2, 0.25) is 5.02 Å². The Bertz CT molecular complexity index is 511. The number of ether oxygens (including phenoxy) is 1. The Balaban J connectivity index is 2.19. The summed E-state index contributed by atoms with van der Waals surface area (Å²) < 4.78 is 5.09. The normalized spacial score (nSPS) is 10.0. The minimum Gasteiger partial charge on any atom is -0.495 e. The van der Waals surface area contributed by atoms with E-state index in [-0.39, 0.29) is 0 Å². The highest BCUT2D eigenvalue weighted by Crippen LogP contribution is 2.28. The number of nitrogen functional groups attached to an aromatic ring is 1. The van der Waals surface area contributed by atoms with Crippen molar-refractivity contribution in [2.45, 2.75) is 0 Å². The first-order valence-corrected chi connectivity index (χ1v) is 5.53. The second kappa shape index (κ2) is 4.97. The van der Waals surface area contributed by atoms with Crippen molar-refractivity contribution in [2.24, 2.45) is 0 Å². The van der Waals surface area contributed by atoms with E-state index in [1.807, 2.05) is 42.5 Å². The summed E-state index contributed by atoms with van der Waals surface area (Å²) in [5.41, 5.74) is 8.22. The van der Waals surface area contributed by atoms with Gasteiger partial charge in [0.2, 0.25) is 0 Å². The summed E-state index contributed by atoms with van der Waals surface area (Å²) in [5.74, 6) is 0.662. The third-order valence-corrected chi connectivity index (χ3v) is 2.65. The second-order valence-corrected chi connectivity index (χ2v) is 4.00. The van der Waals surface area contributed by atoms with Crippen LogP contribution in [0.3, 0.4) is 0 Å². The van der Waals surface area contributed by atoms with Crippen LogP contribution in [0.5, 0.6) is 5.75 Å². The van der Waals surface area contributed by atoms with Crippen LogP contribution in [0.15, 0.2) is 42.5 Å². The Kier molecular flexibility index (Phi) is 3.40. The van der Waals surface area contributed by atoms with Gasteiger partial charge in [-0.05, 0) is 42.5 Å². The average molecular weight is 249 g/mol. The van der Waals surface area contributed by atoms with Crippen molar-refractivity contribution in [1.29, 1.82) is 0 Å². The third-order valence-electron chi connectivity index (χ3n) is 2.35. The van der Waals surface area contributed by atoms with Crippen molar-refractivity contribution in [3.63, 3.8) is 0 Å². The fraction of sp³-hybridized carbons (Fsp3) is 0.0769. The molecule has 0 unspecified atom stereocenters. The Morgan fingerprint density at radius 3 is 2.29 bits per heavy atom. The first-order chi connectivity index (χ1) is 8.19. The van der Waals surface area contributed by atoms with Gasteiger partial charge in [0.25, 0.3) is 0 Å². The van der Waals surface area contributed by atoms with Crippen LogP contribution in [0.4, 0.5) is 17.1 Å². The van der Waals surface area contributed by atoms with Crippen molar-refractivity contribution in [3.05, 3.63) is 47.5 Å². The van der Waals surface area contributed by atoms with Crippen molar-refractivity contribution < 1.29 is 4.74 Å². The smallest absolute Gasteiger partial charge is 0.137 e. The lowest BCUT2D eigenvalue weighted by atomic mass is 10.2. The summed E-state index contributed by atoms with van der Waals surface area (Å²) in [7, 11) is 1.59. The predicted molar refractivity (Wildman–Crippen MR) is 72.1 cm³/mol. The van der Waals surface area contributed by atoms with E-state index >= 15 is 0 Å². The quantitative estimate of drug-likeness (QED) is 0.815. The minimum absolute atomic E-state index is 0.577. The van der Waals surface area contributed by atoms with Gasteiger partial charge in [0.15, 0.2) is 0 Å². The fourth-order valence-electron chi connectivity index (χ4n) is 1.48. The number of nitrogens with two attached hydrogens (primary N) is 1. The molecule has 0 aliphatic heterocycles. The van der Waals surface area contributed by atoms with Gasteiger partial charge >= 0.3 is 0 Å². The minimum atomic E-state index is 0.577. The molecule has 17 heavy (non-hydrogen) atoms. The van der Waals surface area contributed by atoms with E-state index in [0.29, 0.717) is 10.8 Å². The molecule has 4 heteroatoms. The first-order valence-electron chi connectivity index (χ1n) is 5.15. The van der Waals surface area contributed by atoms with Crippen molar-refractivity contribution in [1.82, 2.24) is 0 Å². The standard InChI is InChI=1S/C13H13ClN2O/c1-17-13-7-6-11(8-12(13)14)16-10-4-2-9(15)3-5-10/h2-8,16H,15H2,1H3. The number of halogens is 1. The van der Waals surface area contributed by atoms with E-state index in [9.17, 15) is 0 Å². The Hall–Kier alpha value is -1.87. The summed E-state index contributed by atoms with van der Waals surface area (Å²) in [6, 6.07) is 13.0. The van der Waals surface area contributed by atoms with E-state index in [2.05, 4.69) is 5.32 Å². The maximum atomic E-state index is 6.04. The number of hydrogen-bond donors (Lipinski definition) is 2. The molecule has 3 N–H and O–H groups in total. The molecule has 2 aromatic carbocycles. The van der Waals surface area contributed by atoms with Crippen molar-refractivity contribution in [2.75, 3.05) is 18.2 Å². The van der Waals surface area contributed by atoms with Gasteiger partial charge in [0.1, 0.15) is 5.75 Å².